The molecule has 1 atom stereocenters. The molecule has 0 spiro atoms. The summed E-state index contributed by atoms with van der Waals surface area (Å²) in [5.74, 6) is -0.241. The van der Waals surface area contributed by atoms with Gasteiger partial charge in [0.05, 0.1) is 17.3 Å². The zero-order chi connectivity index (χ0) is 13.8. The van der Waals surface area contributed by atoms with E-state index in [0.717, 1.165) is 12.0 Å². The molecular formula is C14H16ClN3O. The minimum absolute atomic E-state index is 0.0348. The predicted molar refractivity (Wildman–Crippen MR) is 75.3 cm³/mol. The fourth-order valence-corrected chi connectivity index (χ4v) is 2.06. The first kappa shape index (κ1) is 13.6. The molecule has 1 aromatic heterocycles. The van der Waals surface area contributed by atoms with E-state index in [1.807, 2.05) is 38.1 Å². The van der Waals surface area contributed by atoms with Gasteiger partial charge in [-0.2, -0.15) is 5.10 Å². The Hall–Kier alpha value is -1.81. The monoisotopic (exact) mass is 277 g/mol. The number of rotatable bonds is 4. The third-order valence-corrected chi connectivity index (χ3v) is 3.30. The Morgan fingerprint density at radius 1 is 1.42 bits per heavy atom. The van der Waals surface area contributed by atoms with Crippen LogP contribution in [0, 0.1) is 6.92 Å². The second-order valence-electron chi connectivity index (χ2n) is 4.44. The van der Waals surface area contributed by atoms with Crippen LogP contribution in [-0.2, 0) is 0 Å². The number of halogens is 1. The summed E-state index contributed by atoms with van der Waals surface area (Å²) in [6.45, 7) is 4.06. The van der Waals surface area contributed by atoms with Gasteiger partial charge in [0.25, 0.3) is 5.91 Å². The van der Waals surface area contributed by atoms with E-state index in [4.69, 9.17) is 11.6 Å². The molecule has 0 aliphatic carbocycles. The van der Waals surface area contributed by atoms with Gasteiger partial charge in [-0.15, -0.1) is 0 Å². The number of benzene rings is 1. The SMILES string of the molecule is CCC(NC(=O)c1[nH]ncc1Cl)c1ccc(C)cc1. The summed E-state index contributed by atoms with van der Waals surface area (Å²) in [4.78, 5) is 12.1. The highest BCUT2D eigenvalue weighted by molar-refractivity contribution is 6.33. The highest BCUT2D eigenvalue weighted by atomic mass is 35.5. The molecule has 19 heavy (non-hydrogen) atoms. The van der Waals surface area contributed by atoms with Crippen molar-refractivity contribution in [3.63, 3.8) is 0 Å². The molecule has 0 saturated carbocycles. The molecule has 1 heterocycles. The maximum Gasteiger partial charge on any atom is 0.271 e. The molecule has 2 aromatic rings. The van der Waals surface area contributed by atoms with Gasteiger partial charge in [-0.25, -0.2) is 0 Å². The Balaban J connectivity index is 2.13. The topological polar surface area (TPSA) is 57.8 Å². The Bertz CT molecular complexity index is 562. The fourth-order valence-electron chi connectivity index (χ4n) is 1.88. The second kappa shape index (κ2) is 5.89. The molecule has 1 unspecified atom stereocenters. The molecule has 4 nitrogen and oxygen atoms in total. The molecule has 0 fully saturated rings. The molecule has 1 aromatic carbocycles. The summed E-state index contributed by atoms with van der Waals surface area (Å²) in [5.41, 5.74) is 2.57. The Morgan fingerprint density at radius 3 is 2.63 bits per heavy atom. The molecule has 0 bridgehead atoms. The van der Waals surface area contributed by atoms with Gasteiger partial charge >= 0.3 is 0 Å². The number of hydrogen-bond donors (Lipinski definition) is 2. The van der Waals surface area contributed by atoms with Crippen molar-refractivity contribution in [3.8, 4) is 0 Å². The normalized spacial score (nSPS) is 12.2. The molecule has 0 aliphatic heterocycles. The number of amides is 1. The van der Waals surface area contributed by atoms with Crippen molar-refractivity contribution in [2.24, 2.45) is 0 Å². The van der Waals surface area contributed by atoms with Gasteiger partial charge in [-0.1, -0.05) is 48.4 Å². The van der Waals surface area contributed by atoms with E-state index in [1.54, 1.807) is 0 Å². The van der Waals surface area contributed by atoms with Crippen molar-refractivity contribution in [2.75, 3.05) is 0 Å². The molecule has 2 N–H and O–H groups in total. The van der Waals surface area contributed by atoms with E-state index in [1.165, 1.54) is 11.8 Å². The molecule has 0 radical (unpaired) electrons. The van der Waals surface area contributed by atoms with Crippen LogP contribution in [-0.4, -0.2) is 16.1 Å². The minimum Gasteiger partial charge on any atom is -0.344 e. The van der Waals surface area contributed by atoms with E-state index in [0.29, 0.717) is 10.7 Å². The van der Waals surface area contributed by atoms with Crippen molar-refractivity contribution in [1.29, 1.82) is 0 Å². The summed E-state index contributed by atoms with van der Waals surface area (Å²) in [5, 5.41) is 9.62. The minimum atomic E-state index is -0.241. The van der Waals surface area contributed by atoms with E-state index in [2.05, 4.69) is 15.5 Å². The third-order valence-electron chi connectivity index (χ3n) is 3.01. The van der Waals surface area contributed by atoms with Crippen LogP contribution < -0.4 is 5.32 Å². The number of carbonyl (C=O) groups is 1. The van der Waals surface area contributed by atoms with Gasteiger partial charge in [0.2, 0.25) is 0 Å². The van der Waals surface area contributed by atoms with E-state index in [-0.39, 0.29) is 11.9 Å². The van der Waals surface area contributed by atoms with Gasteiger partial charge in [0.15, 0.2) is 0 Å². The van der Waals surface area contributed by atoms with Gasteiger partial charge in [0, 0.05) is 0 Å². The number of H-pyrrole nitrogens is 1. The number of nitrogens with one attached hydrogen (secondary N) is 2. The van der Waals surface area contributed by atoms with Crippen molar-refractivity contribution in [1.82, 2.24) is 15.5 Å². The summed E-state index contributed by atoms with van der Waals surface area (Å²) in [7, 11) is 0. The predicted octanol–water partition coefficient (Wildman–Crippen LogP) is 3.25. The molecular weight excluding hydrogens is 262 g/mol. The first-order valence-corrected chi connectivity index (χ1v) is 6.56. The lowest BCUT2D eigenvalue weighted by atomic mass is 10.0. The van der Waals surface area contributed by atoms with Crippen LogP contribution in [0.5, 0.6) is 0 Å². The highest BCUT2D eigenvalue weighted by Gasteiger charge is 2.17. The smallest absolute Gasteiger partial charge is 0.271 e. The third kappa shape index (κ3) is 3.15. The number of aromatic amines is 1. The van der Waals surface area contributed by atoms with Crippen LogP contribution >= 0.6 is 11.6 Å². The van der Waals surface area contributed by atoms with Gasteiger partial charge in [0.1, 0.15) is 5.69 Å². The van der Waals surface area contributed by atoms with Gasteiger partial charge < -0.3 is 5.32 Å². The number of aromatic nitrogens is 2. The quantitative estimate of drug-likeness (QED) is 0.901. The first-order valence-electron chi connectivity index (χ1n) is 6.18. The van der Waals surface area contributed by atoms with Crippen LogP contribution in [0.1, 0.15) is 41.0 Å². The van der Waals surface area contributed by atoms with Crippen LogP contribution in [0.2, 0.25) is 5.02 Å². The second-order valence-corrected chi connectivity index (χ2v) is 4.85. The van der Waals surface area contributed by atoms with Crippen LogP contribution in [0.15, 0.2) is 30.5 Å². The van der Waals surface area contributed by atoms with Crippen molar-refractivity contribution in [3.05, 3.63) is 52.3 Å². The Labute approximate surface area is 117 Å². The standard InChI is InChI=1S/C14H16ClN3O/c1-3-12(10-6-4-9(2)5-7-10)17-14(19)13-11(15)8-16-18-13/h4-8,12H,3H2,1-2H3,(H,16,18)(H,17,19). The maximum absolute atomic E-state index is 12.1. The lowest BCUT2D eigenvalue weighted by molar-refractivity contribution is 0.0930. The average molecular weight is 278 g/mol. The zero-order valence-electron chi connectivity index (χ0n) is 10.9. The summed E-state index contributed by atoms with van der Waals surface area (Å²) in [6, 6.07) is 8.09. The largest absolute Gasteiger partial charge is 0.344 e. The number of nitrogens with zero attached hydrogens (tertiary/aromatic N) is 1. The molecule has 5 heteroatoms. The first-order chi connectivity index (χ1) is 9.11. The van der Waals surface area contributed by atoms with E-state index >= 15 is 0 Å². The number of hydrogen-bond acceptors (Lipinski definition) is 2. The summed E-state index contributed by atoms with van der Waals surface area (Å²) >= 11 is 5.87. The average Bonchev–Trinajstić information content (AvgIpc) is 2.83. The van der Waals surface area contributed by atoms with Crippen LogP contribution in [0.3, 0.4) is 0 Å². The van der Waals surface area contributed by atoms with Crippen molar-refractivity contribution >= 4 is 17.5 Å². The van der Waals surface area contributed by atoms with Crippen molar-refractivity contribution in [2.45, 2.75) is 26.3 Å². The lowest BCUT2D eigenvalue weighted by Crippen LogP contribution is -2.28. The summed E-state index contributed by atoms with van der Waals surface area (Å²) in [6.07, 6.45) is 2.23. The molecule has 2 rings (SSSR count). The zero-order valence-corrected chi connectivity index (χ0v) is 11.7. The summed E-state index contributed by atoms with van der Waals surface area (Å²) < 4.78 is 0. The van der Waals surface area contributed by atoms with Crippen molar-refractivity contribution < 1.29 is 4.79 Å². The van der Waals surface area contributed by atoms with Gasteiger partial charge in [-0.3, -0.25) is 9.89 Å². The highest BCUT2D eigenvalue weighted by Crippen LogP contribution is 2.19. The number of aryl methyl sites for hydroxylation is 1. The number of carbonyl (C=O) groups excluding carboxylic acids is 1. The van der Waals surface area contributed by atoms with Crippen LogP contribution in [0.4, 0.5) is 0 Å². The molecule has 0 saturated heterocycles. The molecule has 100 valence electrons. The molecule has 0 aliphatic rings. The van der Waals surface area contributed by atoms with Gasteiger partial charge in [-0.05, 0) is 18.9 Å². The van der Waals surface area contributed by atoms with Crippen LogP contribution in [0.25, 0.3) is 0 Å². The maximum atomic E-state index is 12.1. The molecule has 1 amide bonds. The Morgan fingerprint density at radius 2 is 2.11 bits per heavy atom. The lowest BCUT2D eigenvalue weighted by Gasteiger charge is -2.17. The van der Waals surface area contributed by atoms with E-state index in [9.17, 15) is 4.79 Å². The fraction of sp³-hybridized carbons (Fsp3) is 0.286. The Kier molecular flexibility index (Phi) is 4.22. The van der Waals surface area contributed by atoms with E-state index < -0.39 is 0 Å².